The van der Waals surface area contributed by atoms with Gasteiger partial charge in [0, 0.05) is 49.1 Å². The first kappa shape index (κ1) is 17.9. The predicted octanol–water partition coefficient (Wildman–Crippen LogP) is 4.05. The summed E-state index contributed by atoms with van der Waals surface area (Å²) >= 11 is 0. The summed E-state index contributed by atoms with van der Waals surface area (Å²) in [4.78, 5) is 11.7. The van der Waals surface area contributed by atoms with Crippen molar-refractivity contribution in [2.75, 3.05) is 36.4 Å². The summed E-state index contributed by atoms with van der Waals surface area (Å²) in [7, 11) is 0. The molecule has 29 heavy (non-hydrogen) atoms. The third-order valence-corrected chi connectivity index (χ3v) is 5.37. The van der Waals surface area contributed by atoms with E-state index in [0.717, 1.165) is 59.4 Å². The molecule has 0 bridgehead atoms. The van der Waals surface area contributed by atoms with Crippen molar-refractivity contribution in [1.82, 2.24) is 20.4 Å². The third-order valence-electron chi connectivity index (χ3n) is 5.37. The molecule has 2 aromatic heterocycles. The van der Waals surface area contributed by atoms with Gasteiger partial charge >= 0.3 is 0 Å². The molecule has 5 rings (SSSR count). The number of nitrogens with zero attached hydrogens (tertiary/aromatic N) is 4. The summed E-state index contributed by atoms with van der Waals surface area (Å²) in [5.74, 6) is 0.821. The second kappa shape index (κ2) is 7.33. The van der Waals surface area contributed by atoms with E-state index < -0.39 is 0 Å². The first-order valence-electron chi connectivity index (χ1n) is 10.1. The largest absolute Gasteiger partial charge is 0.369 e. The highest BCUT2D eigenvalue weighted by Gasteiger charge is 2.16. The average Bonchev–Trinajstić information content (AvgIpc) is 3.20. The molecule has 0 aliphatic carbocycles. The molecule has 0 atom stereocenters. The molecule has 0 unspecified atom stereocenters. The molecule has 1 aliphatic rings. The van der Waals surface area contributed by atoms with Crippen LogP contribution in [-0.2, 0) is 0 Å². The number of hydrogen-bond donors (Lipinski definition) is 2. The van der Waals surface area contributed by atoms with E-state index in [-0.39, 0.29) is 5.92 Å². The number of anilines is 3. The lowest BCUT2D eigenvalue weighted by Crippen LogP contribution is -2.43. The van der Waals surface area contributed by atoms with Crippen molar-refractivity contribution in [3.8, 4) is 0 Å². The number of hydrogen-bond acceptors (Lipinski definition) is 7. The Hall–Kier alpha value is -3.19. The quantitative estimate of drug-likeness (QED) is 0.546. The van der Waals surface area contributed by atoms with Crippen molar-refractivity contribution in [3.63, 3.8) is 0 Å². The maximum absolute atomic E-state index is 5.51. The Morgan fingerprint density at radius 3 is 2.62 bits per heavy atom. The van der Waals surface area contributed by atoms with E-state index in [4.69, 9.17) is 9.51 Å². The maximum Gasteiger partial charge on any atom is 0.227 e. The maximum atomic E-state index is 5.51. The predicted molar refractivity (Wildman–Crippen MR) is 116 cm³/mol. The summed E-state index contributed by atoms with van der Waals surface area (Å²) in [6.07, 6.45) is 1.84. The van der Waals surface area contributed by atoms with Crippen LogP contribution in [0.5, 0.6) is 0 Å². The van der Waals surface area contributed by atoms with E-state index in [1.807, 2.05) is 18.3 Å². The highest BCUT2D eigenvalue weighted by molar-refractivity contribution is 6.04. The Kier molecular flexibility index (Phi) is 4.52. The Balaban J connectivity index is 1.46. The van der Waals surface area contributed by atoms with Crippen molar-refractivity contribution in [1.29, 1.82) is 0 Å². The molecule has 3 heterocycles. The SMILES string of the molecule is CC(C)c1noc2ccc3cnc(Nc4ccc(N5CCNCC5)cc4)nc3c12. The Bertz CT molecular complexity index is 1150. The molecular weight excluding hydrogens is 364 g/mol. The van der Waals surface area contributed by atoms with E-state index in [1.165, 1.54) is 5.69 Å². The van der Waals surface area contributed by atoms with Gasteiger partial charge < -0.3 is 20.1 Å². The molecule has 0 amide bonds. The standard InChI is InChI=1S/C22H24N6O/c1-14(2)20-19-18(29-27-20)8-3-15-13-24-22(26-21(15)19)25-16-4-6-17(7-5-16)28-11-9-23-10-12-28/h3-8,13-14,23H,9-12H2,1-2H3,(H,24,25,26). The van der Waals surface area contributed by atoms with Crippen LogP contribution in [-0.4, -0.2) is 41.3 Å². The lowest BCUT2D eigenvalue weighted by Gasteiger charge is -2.29. The van der Waals surface area contributed by atoms with Crippen LogP contribution in [0.1, 0.15) is 25.5 Å². The van der Waals surface area contributed by atoms with Gasteiger partial charge in [-0.1, -0.05) is 19.0 Å². The van der Waals surface area contributed by atoms with Gasteiger partial charge in [-0.15, -0.1) is 0 Å². The van der Waals surface area contributed by atoms with Crippen molar-refractivity contribution in [2.45, 2.75) is 19.8 Å². The number of benzene rings is 2. The molecule has 0 spiro atoms. The summed E-state index contributed by atoms with van der Waals surface area (Å²) in [6.45, 7) is 8.34. The molecule has 0 saturated carbocycles. The molecule has 7 heteroatoms. The fraction of sp³-hybridized carbons (Fsp3) is 0.318. The third kappa shape index (κ3) is 3.38. The second-order valence-electron chi connectivity index (χ2n) is 7.70. The zero-order valence-electron chi connectivity index (χ0n) is 16.6. The highest BCUT2D eigenvalue weighted by Crippen LogP contribution is 2.31. The van der Waals surface area contributed by atoms with Gasteiger partial charge in [0.05, 0.1) is 16.6 Å². The summed E-state index contributed by atoms with van der Waals surface area (Å²) in [5.41, 5.74) is 4.75. The highest BCUT2D eigenvalue weighted by atomic mass is 16.5. The van der Waals surface area contributed by atoms with Gasteiger partial charge in [0.1, 0.15) is 0 Å². The van der Waals surface area contributed by atoms with Crippen LogP contribution in [0.15, 0.2) is 47.1 Å². The van der Waals surface area contributed by atoms with Crippen LogP contribution in [0.4, 0.5) is 17.3 Å². The molecule has 1 saturated heterocycles. The lowest BCUT2D eigenvalue weighted by molar-refractivity contribution is 0.441. The summed E-state index contributed by atoms with van der Waals surface area (Å²) in [5, 5.41) is 12.9. The Morgan fingerprint density at radius 2 is 1.86 bits per heavy atom. The molecule has 2 aromatic carbocycles. The molecule has 7 nitrogen and oxygen atoms in total. The van der Waals surface area contributed by atoms with Gasteiger partial charge in [0.15, 0.2) is 5.58 Å². The molecule has 2 N–H and O–H groups in total. The zero-order chi connectivity index (χ0) is 19.8. The molecular formula is C22H24N6O. The number of rotatable bonds is 4. The van der Waals surface area contributed by atoms with Gasteiger partial charge in [-0.25, -0.2) is 9.97 Å². The van der Waals surface area contributed by atoms with Crippen LogP contribution < -0.4 is 15.5 Å². The first-order valence-corrected chi connectivity index (χ1v) is 10.1. The minimum atomic E-state index is 0.255. The van der Waals surface area contributed by atoms with Gasteiger partial charge in [0.25, 0.3) is 0 Å². The van der Waals surface area contributed by atoms with Crippen LogP contribution in [0, 0.1) is 0 Å². The van der Waals surface area contributed by atoms with Crippen LogP contribution in [0.2, 0.25) is 0 Å². The number of nitrogens with one attached hydrogen (secondary N) is 2. The molecule has 1 aliphatic heterocycles. The van der Waals surface area contributed by atoms with Crippen LogP contribution in [0.25, 0.3) is 21.9 Å². The van der Waals surface area contributed by atoms with Crippen molar-refractivity contribution < 1.29 is 4.52 Å². The Morgan fingerprint density at radius 1 is 1.07 bits per heavy atom. The van der Waals surface area contributed by atoms with Gasteiger partial charge in [-0.05, 0) is 42.3 Å². The lowest BCUT2D eigenvalue weighted by atomic mass is 10.0. The van der Waals surface area contributed by atoms with Crippen molar-refractivity contribution >= 4 is 39.2 Å². The molecule has 1 fully saturated rings. The van der Waals surface area contributed by atoms with Gasteiger partial charge in [-0.2, -0.15) is 0 Å². The Labute approximate surface area is 169 Å². The van der Waals surface area contributed by atoms with Crippen LogP contribution >= 0.6 is 0 Å². The molecule has 0 radical (unpaired) electrons. The van der Waals surface area contributed by atoms with E-state index in [9.17, 15) is 0 Å². The monoisotopic (exact) mass is 388 g/mol. The molecule has 4 aromatic rings. The number of aromatic nitrogens is 3. The number of fused-ring (bicyclic) bond motifs is 3. The van der Waals surface area contributed by atoms with E-state index in [1.54, 1.807) is 0 Å². The smallest absolute Gasteiger partial charge is 0.227 e. The van der Waals surface area contributed by atoms with E-state index >= 15 is 0 Å². The molecule has 148 valence electrons. The first-order chi connectivity index (χ1) is 14.2. The summed E-state index contributed by atoms with van der Waals surface area (Å²) in [6, 6.07) is 12.3. The fourth-order valence-electron chi connectivity index (χ4n) is 3.81. The van der Waals surface area contributed by atoms with Crippen molar-refractivity contribution in [3.05, 3.63) is 48.3 Å². The van der Waals surface area contributed by atoms with E-state index in [0.29, 0.717) is 5.95 Å². The zero-order valence-corrected chi connectivity index (χ0v) is 16.6. The number of piperazine rings is 1. The normalized spacial score (nSPS) is 14.8. The fourth-order valence-corrected chi connectivity index (χ4v) is 3.81. The van der Waals surface area contributed by atoms with Crippen molar-refractivity contribution in [2.24, 2.45) is 0 Å². The van der Waals surface area contributed by atoms with Gasteiger partial charge in [-0.3, -0.25) is 0 Å². The van der Waals surface area contributed by atoms with Crippen LogP contribution in [0.3, 0.4) is 0 Å². The summed E-state index contributed by atoms with van der Waals surface area (Å²) < 4.78 is 5.51. The minimum absolute atomic E-state index is 0.255. The van der Waals surface area contributed by atoms with E-state index in [2.05, 4.69) is 63.8 Å². The second-order valence-corrected chi connectivity index (χ2v) is 7.70. The topological polar surface area (TPSA) is 79.1 Å². The average molecular weight is 388 g/mol. The minimum Gasteiger partial charge on any atom is -0.369 e. The van der Waals surface area contributed by atoms with Gasteiger partial charge in [0.2, 0.25) is 5.95 Å².